The van der Waals surface area contributed by atoms with Gasteiger partial charge in [-0.2, -0.15) is 0 Å². The van der Waals surface area contributed by atoms with Crippen molar-refractivity contribution in [1.82, 2.24) is 9.97 Å². The second-order valence-electron chi connectivity index (χ2n) is 6.04. The Morgan fingerprint density at radius 3 is 2.67 bits per heavy atom. The lowest BCUT2D eigenvalue weighted by atomic mass is 10.00. The Kier molecular flexibility index (Phi) is 3.11. The molecule has 1 saturated carbocycles. The van der Waals surface area contributed by atoms with Crippen molar-refractivity contribution in [2.75, 3.05) is 11.4 Å². The minimum Gasteiger partial charge on any atom is -0.352 e. The van der Waals surface area contributed by atoms with Crippen molar-refractivity contribution >= 4 is 17.4 Å². The average Bonchev–Trinajstić information content (AvgIpc) is 3.34. The van der Waals surface area contributed by atoms with Gasteiger partial charge in [0.15, 0.2) is 0 Å². The number of benzene rings is 1. The molecule has 0 N–H and O–H groups in total. The van der Waals surface area contributed by atoms with E-state index < -0.39 is 0 Å². The highest BCUT2D eigenvalue weighted by Gasteiger charge is 2.29. The van der Waals surface area contributed by atoms with Gasteiger partial charge >= 0.3 is 0 Å². The van der Waals surface area contributed by atoms with Gasteiger partial charge in [-0.25, -0.2) is 9.97 Å². The second kappa shape index (κ2) is 4.99. The fraction of sp³-hybridized carbons (Fsp3) is 0.412. The largest absolute Gasteiger partial charge is 0.352 e. The smallest absolute Gasteiger partial charge is 0.137 e. The molecule has 4 rings (SSSR count). The third kappa shape index (κ3) is 2.40. The molecule has 0 amide bonds. The Balaban J connectivity index is 1.71. The van der Waals surface area contributed by atoms with Crippen LogP contribution in [0.4, 0.5) is 5.82 Å². The Morgan fingerprint density at radius 1 is 1.14 bits per heavy atom. The van der Waals surface area contributed by atoms with Gasteiger partial charge < -0.3 is 4.90 Å². The zero-order valence-corrected chi connectivity index (χ0v) is 12.9. The highest BCUT2D eigenvalue weighted by molar-refractivity contribution is 6.30. The van der Waals surface area contributed by atoms with Crippen LogP contribution in [0.25, 0.3) is 0 Å². The third-order valence-electron chi connectivity index (χ3n) is 4.45. The van der Waals surface area contributed by atoms with Crippen molar-refractivity contribution in [3.05, 3.63) is 51.9 Å². The first-order valence-corrected chi connectivity index (χ1v) is 7.96. The maximum Gasteiger partial charge on any atom is 0.137 e. The van der Waals surface area contributed by atoms with Gasteiger partial charge in [0.2, 0.25) is 0 Å². The first-order chi connectivity index (χ1) is 10.2. The normalized spacial score (nSPS) is 17.7. The van der Waals surface area contributed by atoms with Gasteiger partial charge in [0.25, 0.3) is 0 Å². The van der Waals surface area contributed by atoms with Crippen molar-refractivity contribution in [3.8, 4) is 0 Å². The summed E-state index contributed by atoms with van der Waals surface area (Å²) in [6.07, 6.45) is 3.46. The number of hydrogen-bond donors (Lipinski definition) is 0. The van der Waals surface area contributed by atoms with Crippen LogP contribution in [0.3, 0.4) is 0 Å². The van der Waals surface area contributed by atoms with Gasteiger partial charge in [0.1, 0.15) is 16.8 Å². The van der Waals surface area contributed by atoms with Crippen LogP contribution in [0.2, 0.25) is 5.15 Å². The summed E-state index contributed by atoms with van der Waals surface area (Å²) in [5.74, 6) is 2.48. The van der Waals surface area contributed by atoms with Gasteiger partial charge in [-0.1, -0.05) is 35.9 Å². The predicted octanol–water partition coefficient (Wildman–Crippen LogP) is 3.88. The van der Waals surface area contributed by atoms with E-state index >= 15 is 0 Å². The molecule has 21 heavy (non-hydrogen) atoms. The highest BCUT2D eigenvalue weighted by Crippen LogP contribution is 2.40. The fourth-order valence-corrected chi connectivity index (χ4v) is 3.17. The van der Waals surface area contributed by atoms with Gasteiger partial charge in [0, 0.05) is 24.6 Å². The van der Waals surface area contributed by atoms with Crippen LogP contribution in [-0.2, 0) is 13.0 Å². The van der Waals surface area contributed by atoms with E-state index in [1.165, 1.54) is 24.0 Å². The molecule has 0 atom stereocenters. The van der Waals surface area contributed by atoms with Gasteiger partial charge in [-0.05, 0) is 37.3 Å². The molecule has 2 heterocycles. The van der Waals surface area contributed by atoms with Crippen LogP contribution >= 0.6 is 11.6 Å². The van der Waals surface area contributed by atoms with Crippen LogP contribution < -0.4 is 4.90 Å². The molecule has 0 bridgehead atoms. The molecular formula is C17H18ClN3. The zero-order chi connectivity index (χ0) is 14.4. The molecule has 0 saturated heterocycles. The molecule has 1 aromatic carbocycles. The first kappa shape index (κ1) is 13.1. The molecule has 1 aliphatic heterocycles. The number of fused-ring (bicyclic) bond motifs is 1. The van der Waals surface area contributed by atoms with E-state index in [0.717, 1.165) is 36.7 Å². The summed E-state index contributed by atoms with van der Waals surface area (Å²) in [4.78, 5) is 11.6. The number of anilines is 1. The highest BCUT2D eigenvalue weighted by atomic mass is 35.5. The summed E-state index contributed by atoms with van der Waals surface area (Å²) < 4.78 is 0. The summed E-state index contributed by atoms with van der Waals surface area (Å²) in [6.45, 7) is 3.93. The molecular weight excluding hydrogens is 282 g/mol. The second-order valence-corrected chi connectivity index (χ2v) is 6.39. The van der Waals surface area contributed by atoms with Crippen molar-refractivity contribution in [2.45, 2.75) is 38.6 Å². The summed E-state index contributed by atoms with van der Waals surface area (Å²) in [6, 6.07) is 8.66. The summed E-state index contributed by atoms with van der Waals surface area (Å²) >= 11 is 6.33. The van der Waals surface area contributed by atoms with E-state index in [4.69, 9.17) is 16.6 Å². The molecule has 1 fully saturated rings. The van der Waals surface area contributed by atoms with E-state index in [2.05, 4.69) is 34.1 Å². The summed E-state index contributed by atoms with van der Waals surface area (Å²) in [5, 5.41) is 0.612. The summed E-state index contributed by atoms with van der Waals surface area (Å²) in [5.41, 5.74) is 3.85. The Hall–Kier alpha value is -1.61. The molecule has 0 unspecified atom stereocenters. The molecule has 2 aromatic rings. The number of halogens is 1. The van der Waals surface area contributed by atoms with Crippen molar-refractivity contribution in [2.24, 2.45) is 0 Å². The lowest BCUT2D eigenvalue weighted by Gasteiger charge is -2.31. The molecule has 1 aliphatic carbocycles. The van der Waals surface area contributed by atoms with E-state index in [-0.39, 0.29) is 0 Å². The standard InChI is InChI=1S/C17H18ClN3/c1-11-15(18)19-16(13-6-7-13)20-17(11)21-9-8-12-4-2-3-5-14(12)10-21/h2-5,13H,6-10H2,1H3. The van der Waals surface area contributed by atoms with Crippen molar-refractivity contribution < 1.29 is 0 Å². The lowest BCUT2D eigenvalue weighted by Crippen LogP contribution is -2.32. The van der Waals surface area contributed by atoms with E-state index in [9.17, 15) is 0 Å². The SMILES string of the molecule is Cc1c(Cl)nc(C2CC2)nc1N1CCc2ccccc2C1. The average molecular weight is 300 g/mol. The number of aromatic nitrogens is 2. The van der Waals surface area contributed by atoms with E-state index in [1.54, 1.807) is 0 Å². The predicted molar refractivity (Wildman–Crippen MR) is 85.0 cm³/mol. The van der Waals surface area contributed by atoms with Crippen LogP contribution in [0.1, 0.15) is 41.3 Å². The van der Waals surface area contributed by atoms with E-state index in [1.807, 2.05) is 6.92 Å². The van der Waals surface area contributed by atoms with Crippen LogP contribution in [-0.4, -0.2) is 16.5 Å². The molecule has 108 valence electrons. The zero-order valence-electron chi connectivity index (χ0n) is 12.1. The third-order valence-corrected chi connectivity index (χ3v) is 4.82. The Bertz CT molecular complexity index is 694. The molecule has 0 radical (unpaired) electrons. The topological polar surface area (TPSA) is 29.0 Å². The number of hydrogen-bond acceptors (Lipinski definition) is 3. The maximum absolute atomic E-state index is 6.33. The summed E-state index contributed by atoms with van der Waals surface area (Å²) in [7, 11) is 0. The monoisotopic (exact) mass is 299 g/mol. The molecule has 1 aromatic heterocycles. The molecule has 3 nitrogen and oxygen atoms in total. The molecule has 4 heteroatoms. The van der Waals surface area contributed by atoms with Crippen molar-refractivity contribution in [1.29, 1.82) is 0 Å². The molecule has 0 spiro atoms. The minimum absolute atomic E-state index is 0.527. The van der Waals surface area contributed by atoms with Crippen LogP contribution in [0.15, 0.2) is 24.3 Å². The quantitative estimate of drug-likeness (QED) is 0.788. The lowest BCUT2D eigenvalue weighted by molar-refractivity contribution is 0.710. The van der Waals surface area contributed by atoms with Gasteiger partial charge in [-0.3, -0.25) is 0 Å². The fourth-order valence-electron chi connectivity index (χ4n) is 3.00. The molecule has 2 aliphatic rings. The number of rotatable bonds is 2. The first-order valence-electron chi connectivity index (χ1n) is 7.58. The minimum atomic E-state index is 0.527. The Morgan fingerprint density at radius 2 is 1.90 bits per heavy atom. The van der Waals surface area contributed by atoms with Gasteiger partial charge in [-0.15, -0.1) is 0 Å². The van der Waals surface area contributed by atoms with E-state index in [0.29, 0.717) is 11.1 Å². The van der Waals surface area contributed by atoms with Crippen LogP contribution in [0, 0.1) is 6.92 Å². The van der Waals surface area contributed by atoms with Crippen molar-refractivity contribution in [3.63, 3.8) is 0 Å². The Labute approximate surface area is 130 Å². The number of nitrogens with zero attached hydrogens (tertiary/aromatic N) is 3. The maximum atomic E-state index is 6.33. The van der Waals surface area contributed by atoms with Crippen LogP contribution in [0.5, 0.6) is 0 Å². The van der Waals surface area contributed by atoms with Gasteiger partial charge in [0.05, 0.1) is 0 Å².